The number of ether oxygens (including phenoxy) is 3. The van der Waals surface area contributed by atoms with Crippen molar-refractivity contribution in [1.29, 1.82) is 0 Å². The van der Waals surface area contributed by atoms with Crippen molar-refractivity contribution in [3.63, 3.8) is 0 Å². The van der Waals surface area contributed by atoms with Crippen molar-refractivity contribution in [2.24, 2.45) is 0 Å². The van der Waals surface area contributed by atoms with Crippen LogP contribution in [0.3, 0.4) is 0 Å². The van der Waals surface area contributed by atoms with Gasteiger partial charge in [0.05, 0.1) is 0 Å². The Morgan fingerprint density at radius 3 is 1.02 bits per heavy atom. The molecule has 6 heteroatoms. The quantitative estimate of drug-likeness (QED) is 0.0263. The topological polar surface area (TPSA) is 78.9 Å². The van der Waals surface area contributed by atoms with Gasteiger partial charge in [-0.2, -0.15) is 0 Å². The molecule has 60 heavy (non-hydrogen) atoms. The van der Waals surface area contributed by atoms with Gasteiger partial charge in [0.15, 0.2) is 6.10 Å². The summed E-state index contributed by atoms with van der Waals surface area (Å²) in [5.41, 5.74) is 0. The standard InChI is InChI=1S/C54H94O6/c1-4-7-10-13-16-18-20-22-24-25-26-27-28-29-30-32-33-35-38-41-44-47-53(56)59-50-51(49-58-52(55)46-43-40-37-15-12-9-6-3)60-54(57)48-45-42-39-36-34-31-23-21-19-17-14-11-8-5-2/h7,10,16,18,22,24,26-27,29-30,51H,4-6,8-9,11-15,17,19-21,23,25,28,31-50H2,1-3H3/b10-7-,18-16-,24-22-,27-26-,30-29-. The van der Waals surface area contributed by atoms with Crippen LogP contribution in [0.5, 0.6) is 0 Å². The maximum absolute atomic E-state index is 12.7. The normalized spacial score (nSPS) is 12.5. The maximum atomic E-state index is 12.7. The molecule has 1 unspecified atom stereocenters. The molecule has 0 aromatic rings. The number of hydrogen-bond acceptors (Lipinski definition) is 6. The summed E-state index contributed by atoms with van der Waals surface area (Å²) in [6.07, 6.45) is 59.3. The van der Waals surface area contributed by atoms with Crippen LogP contribution in [0.4, 0.5) is 0 Å². The first-order valence-electron chi connectivity index (χ1n) is 25.3. The zero-order valence-corrected chi connectivity index (χ0v) is 39.5. The van der Waals surface area contributed by atoms with Gasteiger partial charge in [-0.1, -0.05) is 223 Å². The molecular weight excluding hydrogens is 745 g/mol. The summed E-state index contributed by atoms with van der Waals surface area (Å²) >= 11 is 0. The number of hydrogen-bond donors (Lipinski definition) is 0. The molecule has 0 rings (SSSR count). The fourth-order valence-corrected chi connectivity index (χ4v) is 7.00. The van der Waals surface area contributed by atoms with Crippen molar-refractivity contribution in [3.8, 4) is 0 Å². The molecule has 0 aliphatic heterocycles. The van der Waals surface area contributed by atoms with Gasteiger partial charge >= 0.3 is 17.9 Å². The van der Waals surface area contributed by atoms with E-state index in [4.69, 9.17) is 14.2 Å². The minimum absolute atomic E-state index is 0.0784. The highest BCUT2D eigenvalue weighted by molar-refractivity contribution is 5.71. The van der Waals surface area contributed by atoms with Crippen molar-refractivity contribution < 1.29 is 28.6 Å². The third kappa shape index (κ3) is 46.2. The predicted molar refractivity (Wildman–Crippen MR) is 256 cm³/mol. The van der Waals surface area contributed by atoms with Crippen LogP contribution in [0.1, 0.15) is 245 Å². The molecule has 0 amide bonds. The lowest BCUT2D eigenvalue weighted by molar-refractivity contribution is -0.167. The van der Waals surface area contributed by atoms with Gasteiger partial charge in [-0.05, 0) is 64.2 Å². The van der Waals surface area contributed by atoms with Crippen molar-refractivity contribution in [3.05, 3.63) is 60.8 Å². The molecule has 0 saturated heterocycles. The second-order valence-electron chi connectivity index (χ2n) is 16.7. The van der Waals surface area contributed by atoms with Gasteiger partial charge in [0.1, 0.15) is 13.2 Å². The van der Waals surface area contributed by atoms with Gasteiger partial charge in [-0.25, -0.2) is 0 Å². The first-order valence-corrected chi connectivity index (χ1v) is 25.3. The molecule has 0 saturated carbocycles. The van der Waals surface area contributed by atoms with Crippen LogP contribution < -0.4 is 0 Å². The minimum atomic E-state index is -0.776. The van der Waals surface area contributed by atoms with E-state index >= 15 is 0 Å². The number of carbonyl (C=O) groups is 3. The molecule has 0 aromatic heterocycles. The van der Waals surface area contributed by atoms with Crippen molar-refractivity contribution in [2.75, 3.05) is 13.2 Å². The first kappa shape index (κ1) is 57.1. The molecule has 6 nitrogen and oxygen atoms in total. The zero-order valence-electron chi connectivity index (χ0n) is 39.5. The summed E-state index contributed by atoms with van der Waals surface area (Å²) in [6, 6.07) is 0. The minimum Gasteiger partial charge on any atom is -0.462 e. The SMILES string of the molecule is CC/C=C\C/C=C\C/C=C\C/C=C\C/C=C\CCCCCCCC(=O)OCC(COC(=O)CCCCCCCCC)OC(=O)CCCCCCCCCCCCCCCC. The Balaban J connectivity index is 4.28. The summed E-state index contributed by atoms with van der Waals surface area (Å²) in [5.74, 6) is -0.900. The third-order valence-electron chi connectivity index (χ3n) is 10.8. The average Bonchev–Trinajstić information content (AvgIpc) is 3.24. The van der Waals surface area contributed by atoms with E-state index in [0.29, 0.717) is 19.3 Å². The Kier molecular flexibility index (Phi) is 46.4. The van der Waals surface area contributed by atoms with E-state index in [1.807, 2.05) is 0 Å². The van der Waals surface area contributed by atoms with Crippen LogP contribution in [-0.2, 0) is 28.6 Å². The summed E-state index contributed by atoms with van der Waals surface area (Å²) in [6.45, 7) is 6.47. The Bertz CT molecular complexity index is 1100. The number of allylic oxidation sites excluding steroid dienone is 10. The summed E-state index contributed by atoms with van der Waals surface area (Å²) in [7, 11) is 0. The molecule has 0 N–H and O–H groups in total. The number of rotatable bonds is 45. The first-order chi connectivity index (χ1) is 29.5. The van der Waals surface area contributed by atoms with Gasteiger partial charge in [-0.3, -0.25) is 14.4 Å². The zero-order chi connectivity index (χ0) is 43.7. The smallest absolute Gasteiger partial charge is 0.306 e. The molecule has 0 fully saturated rings. The molecule has 0 aromatic carbocycles. The lowest BCUT2D eigenvalue weighted by Gasteiger charge is -2.18. The monoisotopic (exact) mass is 839 g/mol. The van der Waals surface area contributed by atoms with E-state index < -0.39 is 6.10 Å². The van der Waals surface area contributed by atoms with Gasteiger partial charge < -0.3 is 14.2 Å². The second-order valence-corrected chi connectivity index (χ2v) is 16.7. The Morgan fingerprint density at radius 1 is 0.350 bits per heavy atom. The Labute approximate surface area is 370 Å². The maximum Gasteiger partial charge on any atom is 0.306 e. The Hall–Kier alpha value is -2.89. The number of carbonyl (C=O) groups excluding carboxylic acids is 3. The molecule has 0 radical (unpaired) electrons. The molecule has 0 heterocycles. The third-order valence-corrected chi connectivity index (χ3v) is 10.8. The van der Waals surface area contributed by atoms with E-state index in [9.17, 15) is 14.4 Å². The van der Waals surface area contributed by atoms with Crippen molar-refractivity contribution in [2.45, 2.75) is 252 Å². The highest BCUT2D eigenvalue weighted by atomic mass is 16.6. The number of esters is 3. The van der Waals surface area contributed by atoms with Crippen LogP contribution in [0, 0.1) is 0 Å². The molecule has 0 spiro atoms. The van der Waals surface area contributed by atoms with Crippen LogP contribution in [-0.4, -0.2) is 37.2 Å². The van der Waals surface area contributed by atoms with Gasteiger partial charge in [0, 0.05) is 19.3 Å². The molecule has 0 bridgehead atoms. The average molecular weight is 839 g/mol. The molecule has 1 atom stereocenters. The fraction of sp³-hybridized carbons (Fsp3) is 0.759. The van der Waals surface area contributed by atoms with Crippen LogP contribution in [0.2, 0.25) is 0 Å². The van der Waals surface area contributed by atoms with Gasteiger partial charge in [0.2, 0.25) is 0 Å². The van der Waals surface area contributed by atoms with E-state index in [2.05, 4.69) is 81.5 Å². The predicted octanol–water partition coefficient (Wildman–Crippen LogP) is 16.5. The molecule has 0 aliphatic carbocycles. The summed E-state index contributed by atoms with van der Waals surface area (Å²) < 4.78 is 16.7. The summed E-state index contributed by atoms with van der Waals surface area (Å²) in [5, 5.41) is 0. The highest BCUT2D eigenvalue weighted by Crippen LogP contribution is 2.15. The van der Waals surface area contributed by atoms with Gasteiger partial charge in [0.25, 0.3) is 0 Å². The lowest BCUT2D eigenvalue weighted by atomic mass is 10.0. The van der Waals surface area contributed by atoms with Gasteiger partial charge in [-0.15, -0.1) is 0 Å². The molecule has 346 valence electrons. The van der Waals surface area contributed by atoms with Crippen LogP contribution in [0.15, 0.2) is 60.8 Å². The van der Waals surface area contributed by atoms with Crippen LogP contribution >= 0.6 is 0 Å². The largest absolute Gasteiger partial charge is 0.462 e. The lowest BCUT2D eigenvalue weighted by Crippen LogP contribution is -2.30. The number of unbranched alkanes of at least 4 members (excludes halogenated alkanes) is 24. The van der Waals surface area contributed by atoms with E-state index in [1.54, 1.807) is 0 Å². The van der Waals surface area contributed by atoms with E-state index in [1.165, 1.54) is 96.3 Å². The van der Waals surface area contributed by atoms with Crippen molar-refractivity contribution in [1.82, 2.24) is 0 Å². The highest BCUT2D eigenvalue weighted by Gasteiger charge is 2.19. The van der Waals surface area contributed by atoms with Crippen LogP contribution in [0.25, 0.3) is 0 Å². The van der Waals surface area contributed by atoms with E-state index in [0.717, 1.165) is 109 Å². The second kappa shape index (κ2) is 48.8. The molecule has 0 aliphatic rings. The molecular formula is C54H94O6. The van der Waals surface area contributed by atoms with E-state index in [-0.39, 0.29) is 31.1 Å². The van der Waals surface area contributed by atoms with Crippen molar-refractivity contribution >= 4 is 17.9 Å². The fourth-order valence-electron chi connectivity index (χ4n) is 7.00. The summed E-state index contributed by atoms with van der Waals surface area (Å²) in [4.78, 5) is 37.8. The Morgan fingerprint density at radius 2 is 0.650 bits per heavy atom.